The molecule has 2 rings (SSSR count). The van der Waals surface area contributed by atoms with Crippen molar-refractivity contribution in [3.63, 3.8) is 0 Å². The van der Waals surface area contributed by atoms with Gasteiger partial charge in [0, 0.05) is 13.2 Å². The lowest BCUT2D eigenvalue weighted by Gasteiger charge is -2.18. The molecule has 1 heterocycles. The van der Waals surface area contributed by atoms with Crippen LogP contribution in [0.5, 0.6) is 5.75 Å². The van der Waals surface area contributed by atoms with Gasteiger partial charge in [-0.3, -0.25) is 10.1 Å². The summed E-state index contributed by atoms with van der Waals surface area (Å²) in [5, 5.41) is 12.8. The SMILES string of the molecule is COc1ccc(C(NCC2CCCO2)C(=O)O)cc1Cl. The fourth-order valence-corrected chi connectivity index (χ4v) is 2.53. The molecule has 5 nitrogen and oxygen atoms in total. The number of nitrogens with one attached hydrogen (secondary N) is 1. The van der Waals surface area contributed by atoms with Crippen molar-refractivity contribution in [1.82, 2.24) is 5.32 Å². The number of benzene rings is 1. The van der Waals surface area contributed by atoms with Gasteiger partial charge in [0.25, 0.3) is 0 Å². The summed E-state index contributed by atoms with van der Waals surface area (Å²) >= 11 is 6.04. The van der Waals surface area contributed by atoms with Gasteiger partial charge in [-0.2, -0.15) is 0 Å². The zero-order chi connectivity index (χ0) is 14.5. The Morgan fingerprint density at radius 2 is 2.45 bits per heavy atom. The number of carbonyl (C=O) groups is 1. The Labute approximate surface area is 122 Å². The van der Waals surface area contributed by atoms with Crippen molar-refractivity contribution in [3.8, 4) is 5.75 Å². The molecule has 0 bridgehead atoms. The highest BCUT2D eigenvalue weighted by Gasteiger charge is 2.23. The monoisotopic (exact) mass is 299 g/mol. The van der Waals surface area contributed by atoms with Crippen LogP contribution in [0.25, 0.3) is 0 Å². The molecule has 110 valence electrons. The largest absolute Gasteiger partial charge is 0.495 e. The van der Waals surface area contributed by atoms with Gasteiger partial charge in [-0.25, -0.2) is 0 Å². The predicted octanol–water partition coefficient (Wildman–Crippen LogP) is 2.24. The van der Waals surface area contributed by atoms with E-state index in [4.69, 9.17) is 21.1 Å². The summed E-state index contributed by atoms with van der Waals surface area (Å²) in [5.41, 5.74) is 0.598. The topological polar surface area (TPSA) is 67.8 Å². The van der Waals surface area contributed by atoms with Crippen molar-refractivity contribution in [2.75, 3.05) is 20.3 Å². The average molecular weight is 300 g/mol. The van der Waals surface area contributed by atoms with Crippen LogP contribution in [0, 0.1) is 0 Å². The fourth-order valence-electron chi connectivity index (χ4n) is 2.26. The van der Waals surface area contributed by atoms with Crippen LogP contribution in [-0.2, 0) is 9.53 Å². The number of hydrogen-bond acceptors (Lipinski definition) is 4. The van der Waals surface area contributed by atoms with E-state index in [0.29, 0.717) is 22.9 Å². The molecule has 0 aromatic heterocycles. The van der Waals surface area contributed by atoms with Crippen LogP contribution in [0.1, 0.15) is 24.4 Å². The number of carboxylic acid groups (broad SMARTS) is 1. The van der Waals surface area contributed by atoms with Crippen LogP contribution in [0.15, 0.2) is 18.2 Å². The van der Waals surface area contributed by atoms with Crippen LogP contribution in [0.3, 0.4) is 0 Å². The molecule has 1 fully saturated rings. The van der Waals surface area contributed by atoms with E-state index in [9.17, 15) is 9.90 Å². The number of halogens is 1. The normalized spacial score (nSPS) is 19.8. The molecule has 1 aromatic carbocycles. The molecule has 1 aliphatic heterocycles. The molecule has 0 amide bonds. The molecule has 0 spiro atoms. The number of carboxylic acids is 1. The second-order valence-electron chi connectivity index (χ2n) is 4.71. The molecule has 1 saturated heterocycles. The Bertz CT molecular complexity index is 474. The summed E-state index contributed by atoms with van der Waals surface area (Å²) in [6.45, 7) is 1.26. The van der Waals surface area contributed by atoms with Crippen molar-refractivity contribution in [1.29, 1.82) is 0 Å². The van der Waals surface area contributed by atoms with Crippen molar-refractivity contribution in [2.24, 2.45) is 0 Å². The first-order chi connectivity index (χ1) is 9.61. The minimum atomic E-state index is -0.941. The minimum Gasteiger partial charge on any atom is -0.495 e. The lowest BCUT2D eigenvalue weighted by molar-refractivity contribution is -0.139. The average Bonchev–Trinajstić information content (AvgIpc) is 2.92. The molecule has 20 heavy (non-hydrogen) atoms. The van der Waals surface area contributed by atoms with Gasteiger partial charge in [-0.05, 0) is 30.5 Å². The summed E-state index contributed by atoms with van der Waals surface area (Å²) in [5.74, 6) is -0.414. The minimum absolute atomic E-state index is 0.0885. The molecule has 2 atom stereocenters. The van der Waals surface area contributed by atoms with Crippen molar-refractivity contribution in [2.45, 2.75) is 25.0 Å². The van der Waals surface area contributed by atoms with Gasteiger partial charge in [-0.1, -0.05) is 17.7 Å². The second-order valence-corrected chi connectivity index (χ2v) is 5.12. The highest BCUT2D eigenvalue weighted by molar-refractivity contribution is 6.32. The molecule has 2 unspecified atom stereocenters. The Balaban J connectivity index is 2.07. The van der Waals surface area contributed by atoms with E-state index in [1.165, 1.54) is 7.11 Å². The lowest BCUT2D eigenvalue weighted by atomic mass is 10.1. The molecule has 6 heteroatoms. The summed E-state index contributed by atoms with van der Waals surface area (Å²) in [4.78, 5) is 11.4. The maximum Gasteiger partial charge on any atom is 0.325 e. The quantitative estimate of drug-likeness (QED) is 0.843. The lowest BCUT2D eigenvalue weighted by Crippen LogP contribution is -2.34. The van der Waals surface area contributed by atoms with Gasteiger partial charge < -0.3 is 14.6 Å². The molecular weight excluding hydrogens is 282 g/mol. The maximum atomic E-state index is 11.4. The van der Waals surface area contributed by atoms with Gasteiger partial charge in [0.2, 0.25) is 0 Å². The van der Waals surface area contributed by atoms with Gasteiger partial charge in [0.15, 0.2) is 0 Å². The molecule has 1 aliphatic rings. The van der Waals surface area contributed by atoms with E-state index in [0.717, 1.165) is 19.4 Å². The van der Waals surface area contributed by atoms with Crippen molar-refractivity contribution < 1.29 is 19.4 Å². The molecule has 2 N–H and O–H groups in total. The molecule has 0 radical (unpaired) electrons. The predicted molar refractivity (Wildman–Crippen MR) is 75.4 cm³/mol. The third-order valence-corrected chi connectivity index (χ3v) is 3.63. The standard InChI is InChI=1S/C14H18ClNO4/c1-19-12-5-4-9(7-11(12)15)13(14(17)18)16-8-10-3-2-6-20-10/h4-5,7,10,13,16H,2-3,6,8H2,1H3,(H,17,18). The van der Waals surface area contributed by atoms with Crippen LogP contribution < -0.4 is 10.1 Å². The first kappa shape index (κ1) is 15.1. The van der Waals surface area contributed by atoms with E-state index in [1.54, 1.807) is 18.2 Å². The molecule has 0 aliphatic carbocycles. The van der Waals surface area contributed by atoms with E-state index in [-0.39, 0.29) is 6.10 Å². The third-order valence-electron chi connectivity index (χ3n) is 3.33. The number of rotatable bonds is 6. The fraction of sp³-hybridized carbons (Fsp3) is 0.500. The molecule has 0 saturated carbocycles. The highest BCUT2D eigenvalue weighted by atomic mass is 35.5. The Kier molecular flexibility index (Phi) is 5.23. The van der Waals surface area contributed by atoms with E-state index in [2.05, 4.69) is 5.32 Å². The molecular formula is C14H18ClNO4. The Hall–Kier alpha value is -1.30. The van der Waals surface area contributed by atoms with Gasteiger partial charge in [-0.15, -0.1) is 0 Å². The Morgan fingerprint density at radius 1 is 1.65 bits per heavy atom. The van der Waals surface area contributed by atoms with Crippen LogP contribution in [0.2, 0.25) is 5.02 Å². The van der Waals surface area contributed by atoms with Gasteiger partial charge >= 0.3 is 5.97 Å². The van der Waals surface area contributed by atoms with Crippen LogP contribution >= 0.6 is 11.6 Å². The zero-order valence-electron chi connectivity index (χ0n) is 11.3. The van der Waals surface area contributed by atoms with Gasteiger partial charge in [0.1, 0.15) is 11.8 Å². The third kappa shape index (κ3) is 3.62. The van der Waals surface area contributed by atoms with E-state index in [1.807, 2.05) is 0 Å². The summed E-state index contributed by atoms with van der Waals surface area (Å²) < 4.78 is 10.5. The Morgan fingerprint density at radius 3 is 3.00 bits per heavy atom. The number of aliphatic carboxylic acids is 1. The van der Waals surface area contributed by atoms with E-state index < -0.39 is 12.0 Å². The highest BCUT2D eigenvalue weighted by Crippen LogP contribution is 2.28. The summed E-state index contributed by atoms with van der Waals surface area (Å²) in [6.07, 6.45) is 2.08. The van der Waals surface area contributed by atoms with Crippen LogP contribution in [0.4, 0.5) is 0 Å². The second kappa shape index (κ2) is 6.92. The maximum absolute atomic E-state index is 11.4. The zero-order valence-corrected chi connectivity index (χ0v) is 12.0. The number of ether oxygens (including phenoxy) is 2. The van der Waals surface area contributed by atoms with E-state index >= 15 is 0 Å². The smallest absolute Gasteiger partial charge is 0.325 e. The van der Waals surface area contributed by atoms with Crippen LogP contribution in [-0.4, -0.2) is 37.4 Å². The van der Waals surface area contributed by atoms with Gasteiger partial charge in [0.05, 0.1) is 18.2 Å². The van der Waals surface area contributed by atoms with Crippen molar-refractivity contribution in [3.05, 3.63) is 28.8 Å². The number of methoxy groups -OCH3 is 1. The first-order valence-corrected chi connectivity index (χ1v) is 6.91. The summed E-state index contributed by atoms with van der Waals surface area (Å²) in [6, 6.07) is 4.18. The molecule has 1 aromatic rings. The summed E-state index contributed by atoms with van der Waals surface area (Å²) in [7, 11) is 1.52. The first-order valence-electron chi connectivity index (χ1n) is 6.53. The van der Waals surface area contributed by atoms with Crippen molar-refractivity contribution >= 4 is 17.6 Å². The number of hydrogen-bond donors (Lipinski definition) is 2.